The molecule has 0 saturated carbocycles. The van der Waals surface area contributed by atoms with Crippen LogP contribution in [0.1, 0.15) is 13.3 Å². The molecule has 1 rings (SSSR count). The average molecular weight is 279 g/mol. The first-order valence-electron chi connectivity index (χ1n) is 6.80. The lowest BCUT2D eigenvalue weighted by atomic mass is 10.2. The molecule has 20 heavy (non-hydrogen) atoms. The lowest BCUT2D eigenvalue weighted by Gasteiger charge is -2.15. The maximum absolute atomic E-state index is 5.47. The van der Waals surface area contributed by atoms with Crippen LogP contribution in [0.25, 0.3) is 0 Å². The molecular formula is C14H25N5O. The molecule has 0 spiro atoms. The average Bonchev–Trinajstić information content (AvgIpc) is 2.46. The van der Waals surface area contributed by atoms with Gasteiger partial charge in [-0.3, -0.25) is 10.4 Å². The van der Waals surface area contributed by atoms with Gasteiger partial charge in [0.1, 0.15) is 0 Å². The van der Waals surface area contributed by atoms with E-state index in [0.29, 0.717) is 19.1 Å². The van der Waals surface area contributed by atoms with Crippen LogP contribution in [0.3, 0.4) is 0 Å². The van der Waals surface area contributed by atoms with Gasteiger partial charge >= 0.3 is 0 Å². The molecule has 1 aromatic carbocycles. The number of anilines is 2. The maximum atomic E-state index is 5.47. The van der Waals surface area contributed by atoms with Crippen LogP contribution >= 0.6 is 0 Å². The third-order valence-electron chi connectivity index (χ3n) is 2.68. The molecule has 0 saturated heterocycles. The van der Waals surface area contributed by atoms with Crippen LogP contribution in [0, 0.1) is 0 Å². The number of hydrazine groups is 1. The Labute approximate surface area is 121 Å². The summed E-state index contributed by atoms with van der Waals surface area (Å²) in [5, 5.41) is 3.16. The van der Waals surface area contributed by atoms with Crippen molar-refractivity contribution < 1.29 is 4.74 Å². The summed E-state index contributed by atoms with van der Waals surface area (Å²) in [6.45, 7) is 4.10. The fourth-order valence-corrected chi connectivity index (χ4v) is 1.62. The highest BCUT2D eigenvalue weighted by atomic mass is 16.5. The van der Waals surface area contributed by atoms with Gasteiger partial charge in [-0.05, 0) is 31.5 Å². The first-order valence-corrected chi connectivity index (χ1v) is 6.80. The number of hydrogen-bond acceptors (Lipinski definition) is 4. The molecule has 0 unspecified atom stereocenters. The van der Waals surface area contributed by atoms with E-state index in [2.05, 4.69) is 15.7 Å². The Bertz CT molecular complexity index is 420. The zero-order chi connectivity index (χ0) is 14.8. The highest BCUT2D eigenvalue weighted by Gasteiger charge is 2.00. The molecule has 0 aromatic heterocycles. The summed E-state index contributed by atoms with van der Waals surface area (Å²) >= 11 is 0. The molecular weight excluding hydrogens is 254 g/mol. The molecule has 0 amide bonds. The van der Waals surface area contributed by atoms with Gasteiger partial charge < -0.3 is 15.0 Å². The third-order valence-corrected chi connectivity index (χ3v) is 2.68. The van der Waals surface area contributed by atoms with Gasteiger partial charge in [-0.2, -0.15) is 0 Å². The van der Waals surface area contributed by atoms with E-state index in [1.807, 2.05) is 50.2 Å². The third kappa shape index (κ3) is 5.90. The van der Waals surface area contributed by atoms with E-state index in [0.717, 1.165) is 24.4 Å². The number of hydrogen-bond donors (Lipinski definition) is 3. The number of nitrogens with one attached hydrogen (secondary N) is 2. The van der Waals surface area contributed by atoms with E-state index in [1.54, 1.807) is 0 Å². The molecule has 1 aromatic rings. The van der Waals surface area contributed by atoms with Crippen molar-refractivity contribution in [2.75, 3.05) is 44.1 Å². The van der Waals surface area contributed by atoms with E-state index in [4.69, 9.17) is 10.6 Å². The largest absolute Gasteiger partial charge is 0.382 e. The Kier molecular flexibility index (Phi) is 7.46. The standard InChI is InChI=1S/C14H25N5O/c1-4-20-10-6-9-16-14(18-15)17-12-7-5-8-13(11-12)19(2)3/h5,7-8,11H,4,6,9-10,15H2,1-3H3,(H2,16,17,18). The second-order valence-electron chi connectivity index (χ2n) is 4.49. The zero-order valence-corrected chi connectivity index (χ0v) is 12.5. The number of ether oxygens (including phenoxy) is 1. The molecule has 0 aliphatic rings. The Morgan fingerprint density at radius 3 is 2.85 bits per heavy atom. The van der Waals surface area contributed by atoms with Crippen molar-refractivity contribution in [3.05, 3.63) is 24.3 Å². The first-order chi connectivity index (χ1) is 9.67. The van der Waals surface area contributed by atoms with Gasteiger partial charge in [0, 0.05) is 45.2 Å². The minimum atomic E-state index is 0.553. The molecule has 6 heteroatoms. The summed E-state index contributed by atoms with van der Waals surface area (Å²) in [4.78, 5) is 6.40. The molecule has 4 N–H and O–H groups in total. The van der Waals surface area contributed by atoms with Gasteiger partial charge in [-0.25, -0.2) is 5.84 Å². The first kappa shape index (κ1) is 16.3. The SMILES string of the molecule is CCOCCCN=C(NN)Nc1cccc(N(C)C)c1. The molecule has 112 valence electrons. The number of benzene rings is 1. The van der Waals surface area contributed by atoms with Crippen molar-refractivity contribution in [1.82, 2.24) is 5.43 Å². The normalized spacial score (nSPS) is 11.3. The van der Waals surface area contributed by atoms with Crippen LogP contribution in [-0.4, -0.2) is 39.8 Å². The zero-order valence-electron chi connectivity index (χ0n) is 12.5. The Morgan fingerprint density at radius 2 is 2.20 bits per heavy atom. The van der Waals surface area contributed by atoms with Gasteiger partial charge in [-0.15, -0.1) is 0 Å². The minimum absolute atomic E-state index is 0.553. The molecule has 0 atom stereocenters. The van der Waals surface area contributed by atoms with Crippen LogP contribution in [0.2, 0.25) is 0 Å². The number of guanidine groups is 1. The van der Waals surface area contributed by atoms with E-state index < -0.39 is 0 Å². The molecule has 0 bridgehead atoms. The van der Waals surface area contributed by atoms with E-state index in [-0.39, 0.29) is 0 Å². The number of rotatable bonds is 7. The van der Waals surface area contributed by atoms with Crippen molar-refractivity contribution in [3.63, 3.8) is 0 Å². The van der Waals surface area contributed by atoms with Crippen LogP contribution < -0.4 is 21.5 Å². The molecule has 0 fully saturated rings. The summed E-state index contributed by atoms with van der Waals surface area (Å²) in [6.07, 6.45) is 0.873. The molecule has 0 aliphatic carbocycles. The monoisotopic (exact) mass is 279 g/mol. The van der Waals surface area contributed by atoms with E-state index >= 15 is 0 Å². The van der Waals surface area contributed by atoms with Crippen LogP contribution in [-0.2, 0) is 4.74 Å². The molecule has 0 radical (unpaired) electrons. The molecule has 6 nitrogen and oxygen atoms in total. The van der Waals surface area contributed by atoms with Gasteiger partial charge in [0.15, 0.2) is 0 Å². The van der Waals surface area contributed by atoms with E-state index in [9.17, 15) is 0 Å². The summed E-state index contributed by atoms with van der Waals surface area (Å²) in [5.74, 6) is 6.03. The minimum Gasteiger partial charge on any atom is -0.382 e. The second-order valence-corrected chi connectivity index (χ2v) is 4.49. The summed E-state index contributed by atoms with van der Waals surface area (Å²) in [5.41, 5.74) is 4.63. The van der Waals surface area contributed by atoms with Crippen molar-refractivity contribution in [3.8, 4) is 0 Å². The fraction of sp³-hybridized carbons (Fsp3) is 0.500. The predicted octanol–water partition coefficient (Wildman–Crippen LogP) is 1.41. The Hall–Kier alpha value is -1.79. The summed E-state index contributed by atoms with van der Waals surface area (Å²) in [6, 6.07) is 8.04. The van der Waals surface area contributed by atoms with Gasteiger partial charge in [0.2, 0.25) is 5.96 Å². The molecule has 0 aliphatic heterocycles. The lowest BCUT2D eigenvalue weighted by molar-refractivity contribution is 0.146. The topological polar surface area (TPSA) is 74.9 Å². The fourth-order valence-electron chi connectivity index (χ4n) is 1.62. The summed E-state index contributed by atoms with van der Waals surface area (Å²) in [7, 11) is 4.01. The number of nitrogens with two attached hydrogens (primary N) is 1. The highest BCUT2D eigenvalue weighted by Crippen LogP contribution is 2.16. The van der Waals surface area contributed by atoms with Gasteiger partial charge in [0.25, 0.3) is 0 Å². The molecule has 0 heterocycles. The lowest BCUT2D eigenvalue weighted by Crippen LogP contribution is -2.36. The van der Waals surface area contributed by atoms with Crippen molar-refractivity contribution in [2.45, 2.75) is 13.3 Å². The summed E-state index contributed by atoms with van der Waals surface area (Å²) < 4.78 is 5.26. The van der Waals surface area contributed by atoms with Crippen molar-refractivity contribution >= 4 is 17.3 Å². The Morgan fingerprint density at radius 1 is 1.40 bits per heavy atom. The Balaban J connectivity index is 2.54. The second kappa shape index (κ2) is 9.17. The van der Waals surface area contributed by atoms with Crippen molar-refractivity contribution in [1.29, 1.82) is 0 Å². The number of aliphatic imine (C=N–C) groups is 1. The van der Waals surface area contributed by atoms with Crippen LogP contribution in [0.5, 0.6) is 0 Å². The quantitative estimate of drug-likeness (QED) is 0.231. The number of nitrogens with zero attached hydrogens (tertiary/aromatic N) is 2. The van der Waals surface area contributed by atoms with Crippen molar-refractivity contribution in [2.24, 2.45) is 10.8 Å². The maximum Gasteiger partial charge on any atom is 0.210 e. The highest BCUT2D eigenvalue weighted by molar-refractivity contribution is 5.93. The van der Waals surface area contributed by atoms with Gasteiger partial charge in [0.05, 0.1) is 0 Å². The van der Waals surface area contributed by atoms with Crippen LogP contribution in [0.4, 0.5) is 11.4 Å². The van der Waals surface area contributed by atoms with E-state index in [1.165, 1.54) is 0 Å². The predicted molar refractivity (Wildman–Crippen MR) is 85.1 cm³/mol. The van der Waals surface area contributed by atoms with Crippen LogP contribution in [0.15, 0.2) is 29.3 Å². The smallest absolute Gasteiger partial charge is 0.210 e. The van der Waals surface area contributed by atoms with Gasteiger partial charge in [-0.1, -0.05) is 6.07 Å².